The van der Waals surface area contributed by atoms with Crippen molar-refractivity contribution >= 4 is 23.4 Å². The number of aromatic nitrogens is 2. The van der Waals surface area contributed by atoms with Gasteiger partial charge in [-0.1, -0.05) is 11.6 Å². The normalized spacial score (nSPS) is 13.1. The largest absolute Gasteiger partial charge is 0.295 e. The molecule has 0 fully saturated rings. The summed E-state index contributed by atoms with van der Waals surface area (Å²) >= 11 is 7.75. The van der Waals surface area contributed by atoms with Crippen LogP contribution in [-0.4, -0.2) is 40.0 Å². The molecule has 0 amide bonds. The average Bonchev–Trinajstić information content (AvgIpc) is 2.16. The molecule has 0 aromatic carbocycles. The van der Waals surface area contributed by atoms with E-state index in [9.17, 15) is 0 Å². The molecule has 1 heterocycles. The fourth-order valence-electron chi connectivity index (χ4n) is 1.41. The molecule has 0 N–H and O–H groups in total. The zero-order valence-corrected chi connectivity index (χ0v) is 11.8. The molecule has 0 aliphatic rings. The minimum absolute atomic E-state index is 0.512. The molecule has 1 unspecified atom stereocenters. The van der Waals surface area contributed by atoms with E-state index in [0.717, 1.165) is 23.8 Å². The topological polar surface area (TPSA) is 29.0 Å². The summed E-state index contributed by atoms with van der Waals surface area (Å²) in [4.78, 5) is 10.8. The Hall–Kier alpha value is -0.320. The molecule has 1 aromatic heterocycles. The minimum atomic E-state index is 0.512. The Morgan fingerprint density at radius 1 is 1.50 bits per heavy atom. The van der Waals surface area contributed by atoms with Crippen molar-refractivity contribution in [1.29, 1.82) is 0 Å². The van der Waals surface area contributed by atoms with E-state index in [0.29, 0.717) is 11.2 Å². The molecule has 1 rings (SSSR count). The second-order valence-electron chi connectivity index (χ2n) is 3.97. The smallest absolute Gasteiger partial charge is 0.144 e. The molecule has 0 aliphatic heterocycles. The van der Waals surface area contributed by atoms with Gasteiger partial charge in [0.05, 0.1) is 6.54 Å². The number of hydrogen-bond acceptors (Lipinski definition) is 4. The van der Waals surface area contributed by atoms with Crippen LogP contribution >= 0.6 is 23.4 Å². The van der Waals surface area contributed by atoms with Crippen LogP contribution in [0.25, 0.3) is 0 Å². The van der Waals surface area contributed by atoms with E-state index in [1.54, 1.807) is 6.07 Å². The average molecular weight is 260 g/mol. The van der Waals surface area contributed by atoms with E-state index in [2.05, 4.69) is 35.1 Å². The van der Waals surface area contributed by atoms with Crippen molar-refractivity contribution in [3.63, 3.8) is 0 Å². The summed E-state index contributed by atoms with van der Waals surface area (Å²) in [6.45, 7) is 4.87. The van der Waals surface area contributed by atoms with Crippen molar-refractivity contribution in [2.24, 2.45) is 0 Å². The predicted octanol–water partition coefficient (Wildman–Crippen LogP) is 2.62. The van der Waals surface area contributed by atoms with Gasteiger partial charge >= 0.3 is 0 Å². The standard InChI is InChI=1S/C11H18ClN3S/c1-8-5-10(12)14-11(13-8)6-15(3)9(2)7-16-4/h5,9H,6-7H2,1-4H3. The summed E-state index contributed by atoms with van der Waals surface area (Å²) in [5, 5.41) is 0.522. The van der Waals surface area contributed by atoms with Gasteiger partial charge in [0.2, 0.25) is 0 Å². The molecule has 0 bridgehead atoms. The SMILES string of the molecule is CSCC(C)N(C)Cc1nc(C)cc(Cl)n1. The zero-order chi connectivity index (χ0) is 12.1. The third kappa shape index (κ3) is 4.28. The summed E-state index contributed by atoms with van der Waals surface area (Å²) in [5.41, 5.74) is 0.918. The number of rotatable bonds is 5. The molecule has 1 aromatic rings. The van der Waals surface area contributed by atoms with Gasteiger partial charge < -0.3 is 0 Å². The maximum atomic E-state index is 5.90. The third-order valence-corrected chi connectivity index (χ3v) is 3.43. The molecule has 1 atom stereocenters. The van der Waals surface area contributed by atoms with Gasteiger partial charge in [-0.25, -0.2) is 9.97 Å². The van der Waals surface area contributed by atoms with E-state index in [1.807, 2.05) is 18.7 Å². The van der Waals surface area contributed by atoms with Gasteiger partial charge in [0.15, 0.2) is 0 Å². The first-order valence-electron chi connectivity index (χ1n) is 5.22. The van der Waals surface area contributed by atoms with Crippen LogP contribution in [0.2, 0.25) is 5.15 Å². The summed E-state index contributed by atoms with van der Waals surface area (Å²) < 4.78 is 0. The van der Waals surface area contributed by atoms with Crippen LogP contribution in [0.1, 0.15) is 18.4 Å². The van der Waals surface area contributed by atoms with Gasteiger partial charge in [-0.3, -0.25) is 4.90 Å². The first-order chi connectivity index (χ1) is 7.52. The van der Waals surface area contributed by atoms with Crippen molar-refractivity contribution < 1.29 is 0 Å². The van der Waals surface area contributed by atoms with E-state index >= 15 is 0 Å². The second kappa shape index (κ2) is 6.42. The van der Waals surface area contributed by atoms with Crippen LogP contribution in [-0.2, 0) is 6.54 Å². The Balaban J connectivity index is 2.65. The number of aryl methyl sites for hydroxylation is 1. The van der Waals surface area contributed by atoms with Crippen molar-refractivity contribution in [1.82, 2.24) is 14.9 Å². The van der Waals surface area contributed by atoms with Crippen molar-refractivity contribution in [2.45, 2.75) is 26.4 Å². The summed E-state index contributed by atoms with van der Waals surface area (Å²) in [6.07, 6.45) is 2.12. The first-order valence-corrected chi connectivity index (χ1v) is 6.99. The van der Waals surface area contributed by atoms with Crippen molar-refractivity contribution in [3.05, 3.63) is 22.7 Å². The maximum absolute atomic E-state index is 5.90. The lowest BCUT2D eigenvalue weighted by molar-refractivity contribution is 0.263. The fourth-order valence-corrected chi connectivity index (χ4v) is 2.40. The lowest BCUT2D eigenvalue weighted by atomic mass is 10.3. The number of halogens is 1. The molecule has 90 valence electrons. The Labute approximate surface area is 107 Å². The van der Waals surface area contributed by atoms with Crippen molar-refractivity contribution in [3.8, 4) is 0 Å². The molecule has 0 spiro atoms. The Morgan fingerprint density at radius 2 is 2.19 bits per heavy atom. The summed E-state index contributed by atoms with van der Waals surface area (Å²) in [5.74, 6) is 1.90. The van der Waals surface area contributed by atoms with Crippen LogP contribution in [0.5, 0.6) is 0 Å². The summed E-state index contributed by atoms with van der Waals surface area (Å²) in [6, 6.07) is 2.29. The summed E-state index contributed by atoms with van der Waals surface area (Å²) in [7, 11) is 2.08. The van der Waals surface area contributed by atoms with E-state index in [-0.39, 0.29) is 0 Å². The van der Waals surface area contributed by atoms with Gasteiger partial charge in [0.25, 0.3) is 0 Å². The van der Waals surface area contributed by atoms with Gasteiger partial charge in [-0.2, -0.15) is 11.8 Å². The highest BCUT2D eigenvalue weighted by Gasteiger charge is 2.11. The highest BCUT2D eigenvalue weighted by Crippen LogP contribution is 2.10. The number of nitrogens with zero attached hydrogens (tertiary/aromatic N) is 3. The molecule has 3 nitrogen and oxygen atoms in total. The molecular weight excluding hydrogens is 242 g/mol. The lowest BCUT2D eigenvalue weighted by Crippen LogP contribution is -2.31. The van der Waals surface area contributed by atoms with Crippen LogP contribution in [0.3, 0.4) is 0 Å². The molecule has 0 radical (unpaired) electrons. The Morgan fingerprint density at radius 3 is 2.75 bits per heavy atom. The van der Waals surface area contributed by atoms with Crippen LogP contribution < -0.4 is 0 Å². The molecule has 0 saturated heterocycles. The van der Waals surface area contributed by atoms with E-state index < -0.39 is 0 Å². The van der Waals surface area contributed by atoms with E-state index in [4.69, 9.17) is 11.6 Å². The van der Waals surface area contributed by atoms with Crippen LogP contribution in [0.4, 0.5) is 0 Å². The van der Waals surface area contributed by atoms with Crippen LogP contribution in [0.15, 0.2) is 6.07 Å². The molecular formula is C11H18ClN3S. The quantitative estimate of drug-likeness (QED) is 0.761. The third-order valence-electron chi connectivity index (χ3n) is 2.42. The minimum Gasteiger partial charge on any atom is -0.295 e. The van der Waals surface area contributed by atoms with Gasteiger partial charge in [0, 0.05) is 17.5 Å². The van der Waals surface area contributed by atoms with E-state index in [1.165, 1.54) is 0 Å². The highest BCUT2D eigenvalue weighted by molar-refractivity contribution is 7.98. The predicted molar refractivity (Wildman–Crippen MR) is 71.1 cm³/mol. The fraction of sp³-hybridized carbons (Fsp3) is 0.636. The van der Waals surface area contributed by atoms with Gasteiger partial charge in [0.1, 0.15) is 11.0 Å². The van der Waals surface area contributed by atoms with Gasteiger partial charge in [-0.15, -0.1) is 0 Å². The van der Waals surface area contributed by atoms with Crippen LogP contribution in [0, 0.1) is 6.92 Å². The molecule has 0 aliphatic carbocycles. The molecule has 16 heavy (non-hydrogen) atoms. The number of hydrogen-bond donors (Lipinski definition) is 0. The monoisotopic (exact) mass is 259 g/mol. The first kappa shape index (κ1) is 13.7. The highest BCUT2D eigenvalue weighted by atomic mass is 35.5. The lowest BCUT2D eigenvalue weighted by Gasteiger charge is -2.23. The Bertz CT molecular complexity index is 326. The van der Waals surface area contributed by atoms with Gasteiger partial charge in [-0.05, 0) is 33.2 Å². The maximum Gasteiger partial charge on any atom is 0.144 e. The number of thioether (sulfide) groups is 1. The molecule has 0 saturated carbocycles. The zero-order valence-electron chi connectivity index (χ0n) is 10.2. The molecule has 5 heteroatoms. The van der Waals surface area contributed by atoms with Crippen molar-refractivity contribution in [2.75, 3.05) is 19.1 Å². The Kier molecular flexibility index (Phi) is 5.52. The second-order valence-corrected chi connectivity index (χ2v) is 5.27.